The maximum atomic E-state index is 12.6. The Morgan fingerprint density at radius 3 is 3.08 bits per heavy atom. The molecule has 0 aliphatic carbocycles. The molecule has 3 rings (SSSR count). The largest absolute Gasteiger partial charge is 0.368 e. The molecule has 2 aromatic heterocycles. The molecule has 3 N–H and O–H groups in total. The smallest absolute Gasteiger partial charge is 0.249 e. The van der Waals surface area contributed by atoms with Crippen LogP contribution in [0.15, 0.2) is 23.4 Å². The van der Waals surface area contributed by atoms with E-state index in [1.165, 1.54) is 27.7 Å². The molecule has 1 aromatic carbocycles. The highest BCUT2D eigenvalue weighted by molar-refractivity contribution is 7.99. The van der Waals surface area contributed by atoms with E-state index in [0.29, 0.717) is 10.3 Å². The van der Waals surface area contributed by atoms with Gasteiger partial charge in [-0.05, 0) is 31.5 Å². The van der Waals surface area contributed by atoms with E-state index in [1.54, 1.807) is 6.92 Å². The number of carbonyl (C=O) groups is 1. The molecule has 0 saturated carbocycles. The molecule has 1 amide bonds. The summed E-state index contributed by atoms with van der Waals surface area (Å²) in [6, 6.07) is 7.31. The van der Waals surface area contributed by atoms with Crippen molar-refractivity contribution in [2.75, 3.05) is 16.8 Å². The van der Waals surface area contributed by atoms with E-state index in [1.807, 2.05) is 31.2 Å². The van der Waals surface area contributed by atoms with Gasteiger partial charge in [-0.3, -0.25) is 9.36 Å². The number of nitrogens with two attached hydrogens (primary N) is 1. The summed E-state index contributed by atoms with van der Waals surface area (Å²) in [4.78, 5) is 17.0. The quantitative estimate of drug-likeness (QED) is 0.659. The van der Waals surface area contributed by atoms with Gasteiger partial charge in [0.2, 0.25) is 11.9 Å². The molecule has 3 aromatic rings. The van der Waals surface area contributed by atoms with Crippen LogP contribution in [-0.4, -0.2) is 31.4 Å². The summed E-state index contributed by atoms with van der Waals surface area (Å²) < 4.78 is 2.52. The van der Waals surface area contributed by atoms with E-state index in [-0.39, 0.29) is 17.6 Å². The van der Waals surface area contributed by atoms with Gasteiger partial charge in [0.15, 0.2) is 10.3 Å². The number of aryl methyl sites for hydroxylation is 1. The number of benzene rings is 1. The van der Waals surface area contributed by atoms with Crippen molar-refractivity contribution in [3.05, 3.63) is 23.8 Å². The lowest BCUT2D eigenvalue weighted by atomic mass is 10.2. The van der Waals surface area contributed by atoms with Crippen molar-refractivity contribution in [1.82, 2.24) is 19.7 Å². The molecule has 25 heavy (non-hydrogen) atoms. The lowest BCUT2D eigenvalue weighted by Gasteiger charge is -2.14. The summed E-state index contributed by atoms with van der Waals surface area (Å²) in [6.45, 7) is 3.71. The molecular weight excluding hydrogens is 358 g/mol. The number of nitrogens with zero attached hydrogens (tertiary/aromatic N) is 5. The van der Waals surface area contributed by atoms with Crippen LogP contribution < -0.4 is 11.1 Å². The maximum absolute atomic E-state index is 12.6. The summed E-state index contributed by atoms with van der Waals surface area (Å²) in [7, 11) is 0. The zero-order valence-corrected chi connectivity index (χ0v) is 15.2. The number of aromatic nitrogens is 4. The highest BCUT2D eigenvalue weighted by Gasteiger charge is 2.23. The Balaban J connectivity index is 1.80. The SMILES string of the molecule is Cc1ccc2nc(NC(=O)C(C)n3c(N)nnc3SCC#N)sc2c1. The fraction of sp³-hybridized carbons (Fsp3) is 0.267. The van der Waals surface area contributed by atoms with Crippen LogP contribution in [0.4, 0.5) is 11.1 Å². The first-order valence-corrected chi connectivity index (χ1v) is 9.18. The Hall–Kier alpha value is -2.64. The monoisotopic (exact) mass is 373 g/mol. The predicted octanol–water partition coefficient (Wildman–Crippen LogP) is 2.59. The number of carbonyl (C=O) groups excluding carboxylic acids is 1. The molecule has 0 bridgehead atoms. The van der Waals surface area contributed by atoms with E-state index in [9.17, 15) is 4.79 Å². The number of amides is 1. The van der Waals surface area contributed by atoms with Crippen molar-refractivity contribution in [3.63, 3.8) is 0 Å². The number of hydrogen-bond donors (Lipinski definition) is 2. The average molecular weight is 373 g/mol. The van der Waals surface area contributed by atoms with Crippen LogP contribution in [0.5, 0.6) is 0 Å². The first-order valence-electron chi connectivity index (χ1n) is 7.37. The van der Waals surface area contributed by atoms with Gasteiger partial charge in [0.1, 0.15) is 6.04 Å². The van der Waals surface area contributed by atoms with Crippen molar-refractivity contribution in [3.8, 4) is 6.07 Å². The minimum absolute atomic E-state index is 0.128. The number of nitrogens with one attached hydrogen (secondary N) is 1. The molecule has 10 heteroatoms. The Kier molecular flexibility index (Phi) is 4.87. The summed E-state index contributed by atoms with van der Waals surface area (Å²) in [5.74, 6) is 0.0491. The third-order valence-corrected chi connectivity index (χ3v) is 5.24. The van der Waals surface area contributed by atoms with Crippen LogP contribution >= 0.6 is 23.1 Å². The van der Waals surface area contributed by atoms with Gasteiger partial charge in [0, 0.05) is 0 Å². The Morgan fingerprint density at radius 1 is 1.52 bits per heavy atom. The van der Waals surface area contributed by atoms with Gasteiger partial charge in [-0.25, -0.2) is 4.98 Å². The molecule has 128 valence electrons. The fourth-order valence-electron chi connectivity index (χ4n) is 2.26. The molecule has 0 saturated heterocycles. The van der Waals surface area contributed by atoms with Crippen LogP contribution in [0.3, 0.4) is 0 Å². The van der Waals surface area contributed by atoms with Gasteiger partial charge in [0.25, 0.3) is 0 Å². The molecule has 2 heterocycles. The molecule has 1 atom stereocenters. The standard InChI is InChI=1S/C15H15N7OS2/c1-8-3-4-10-11(7-8)25-14(18-10)19-12(23)9(2)22-13(17)20-21-15(22)24-6-5-16/h3-4,7,9H,6H2,1-2H3,(H2,17,20)(H,18,19,23). The molecule has 0 fully saturated rings. The van der Waals surface area contributed by atoms with Gasteiger partial charge in [-0.1, -0.05) is 29.2 Å². The second kappa shape index (κ2) is 7.08. The summed E-state index contributed by atoms with van der Waals surface area (Å²) in [5, 5.41) is 20.2. The molecule has 0 aliphatic rings. The zero-order valence-electron chi connectivity index (χ0n) is 13.6. The summed E-state index contributed by atoms with van der Waals surface area (Å²) in [6.07, 6.45) is 0. The van der Waals surface area contributed by atoms with Crippen molar-refractivity contribution in [2.45, 2.75) is 25.0 Å². The van der Waals surface area contributed by atoms with Crippen LogP contribution in [0.1, 0.15) is 18.5 Å². The number of rotatable bonds is 5. The molecular formula is C15H15N7OS2. The van der Waals surface area contributed by atoms with Gasteiger partial charge in [0.05, 0.1) is 22.0 Å². The highest BCUT2D eigenvalue weighted by Crippen LogP contribution is 2.28. The van der Waals surface area contributed by atoms with Crippen molar-refractivity contribution in [1.29, 1.82) is 5.26 Å². The van der Waals surface area contributed by atoms with Gasteiger partial charge in [-0.15, -0.1) is 10.2 Å². The molecule has 0 radical (unpaired) electrons. The normalized spacial score (nSPS) is 12.0. The van der Waals surface area contributed by atoms with Gasteiger partial charge < -0.3 is 11.1 Å². The van der Waals surface area contributed by atoms with Crippen LogP contribution in [0.25, 0.3) is 10.2 Å². The topological polar surface area (TPSA) is 123 Å². The Morgan fingerprint density at radius 2 is 2.32 bits per heavy atom. The number of hydrogen-bond acceptors (Lipinski definition) is 8. The first-order chi connectivity index (χ1) is 12.0. The molecule has 1 unspecified atom stereocenters. The predicted molar refractivity (Wildman–Crippen MR) is 98.5 cm³/mol. The third kappa shape index (κ3) is 3.57. The minimum atomic E-state index is -0.634. The second-order valence-electron chi connectivity index (χ2n) is 5.31. The van der Waals surface area contributed by atoms with Crippen molar-refractivity contribution >= 4 is 50.3 Å². The van der Waals surface area contributed by atoms with Crippen LogP contribution in [0, 0.1) is 18.3 Å². The fourth-order valence-corrected chi connectivity index (χ4v) is 3.91. The minimum Gasteiger partial charge on any atom is -0.368 e. The number of nitriles is 1. The van der Waals surface area contributed by atoms with Crippen LogP contribution in [-0.2, 0) is 4.79 Å². The molecule has 8 nitrogen and oxygen atoms in total. The Labute approximate surface area is 152 Å². The maximum Gasteiger partial charge on any atom is 0.249 e. The second-order valence-corrected chi connectivity index (χ2v) is 7.29. The lowest BCUT2D eigenvalue weighted by Crippen LogP contribution is -2.25. The highest BCUT2D eigenvalue weighted by atomic mass is 32.2. The number of thioether (sulfide) groups is 1. The number of fused-ring (bicyclic) bond motifs is 1. The van der Waals surface area contributed by atoms with E-state index in [0.717, 1.165) is 15.8 Å². The third-order valence-electron chi connectivity index (χ3n) is 3.50. The summed E-state index contributed by atoms with van der Waals surface area (Å²) >= 11 is 2.59. The zero-order chi connectivity index (χ0) is 18.0. The van der Waals surface area contributed by atoms with Gasteiger partial charge in [-0.2, -0.15) is 5.26 Å². The van der Waals surface area contributed by atoms with Crippen molar-refractivity contribution in [2.24, 2.45) is 0 Å². The van der Waals surface area contributed by atoms with E-state index in [4.69, 9.17) is 11.0 Å². The molecule has 0 spiro atoms. The first kappa shape index (κ1) is 17.2. The van der Waals surface area contributed by atoms with E-state index in [2.05, 4.69) is 20.5 Å². The number of anilines is 2. The average Bonchev–Trinajstić information content (AvgIpc) is 3.14. The van der Waals surface area contributed by atoms with E-state index >= 15 is 0 Å². The lowest BCUT2D eigenvalue weighted by molar-refractivity contribution is -0.118. The van der Waals surface area contributed by atoms with E-state index < -0.39 is 6.04 Å². The number of nitrogen functional groups attached to an aromatic ring is 1. The number of thiazole rings is 1. The molecule has 0 aliphatic heterocycles. The van der Waals surface area contributed by atoms with Crippen LogP contribution in [0.2, 0.25) is 0 Å². The summed E-state index contributed by atoms with van der Waals surface area (Å²) in [5.41, 5.74) is 7.80. The van der Waals surface area contributed by atoms with Gasteiger partial charge >= 0.3 is 0 Å². The van der Waals surface area contributed by atoms with Crippen molar-refractivity contribution < 1.29 is 4.79 Å². The Bertz CT molecular complexity index is 972.